The van der Waals surface area contributed by atoms with Crippen molar-refractivity contribution in [1.82, 2.24) is 4.90 Å². The average Bonchev–Trinajstić information content (AvgIpc) is 2.37. The molecule has 0 saturated carbocycles. The molecule has 3 heteroatoms. The zero-order valence-corrected chi connectivity index (χ0v) is 12.1. The van der Waals surface area contributed by atoms with Crippen LogP contribution in [0.15, 0.2) is 36.5 Å². The van der Waals surface area contributed by atoms with E-state index >= 15 is 0 Å². The third kappa shape index (κ3) is 2.36. The highest BCUT2D eigenvalue weighted by atomic mass is 16.6. The molecular weight excluding hydrogens is 250 g/mol. The van der Waals surface area contributed by atoms with Crippen molar-refractivity contribution in [2.45, 2.75) is 38.8 Å². The maximum atomic E-state index is 12.2. The van der Waals surface area contributed by atoms with Crippen molar-refractivity contribution in [1.29, 1.82) is 0 Å². The van der Waals surface area contributed by atoms with Gasteiger partial charge in [-0.05, 0) is 49.3 Å². The van der Waals surface area contributed by atoms with Crippen molar-refractivity contribution in [2.75, 3.05) is 0 Å². The first-order valence-corrected chi connectivity index (χ1v) is 6.94. The summed E-state index contributed by atoms with van der Waals surface area (Å²) in [6.45, 7) is 5.65. The van der Waals surface area contributed by atoms with E-state index in [0.717, 1.165) is 6.42 Å². The van der Waals surface area contributed by atoms with E-state index in [-0.39, 0.29) is 12.1 Å². The fraction of sp³-hybridized carbons (Fsp3) is 0.353. The predicted octanol–water partition coefficient (Wildman–Crippen LogP) is 2.15. The Kier molecular flexibility index (Phi) is 2.93. The largest absolute Gasteiger partial charge is 0.443 e. The second-order valence-corrected chi connectivity index (χ2v) is 6.25. The molecule has 0 spiro atoms. The van der Waals surface area contributed by atoms with E-state index in [1.807, 2.05) is 45.2 Å². The second-order valence-electron chi connectivity index (χ2n) is 6.25. The van der Waals surface area contributed by atoms with E-state index < -0.39 is 5.60 Å². The number of carbonyl (C=O) groups excluding carboxylic acids is 1. The quantitative estimate of drug-likeness (QED) is 0.722. The zero-order valence-electron chi connectivity index (χ0n) is 12.1. The van der Waals surface area contributed by atoms with Gasteiger partial charge in [-0.1, -0.05) is 30.3 Å². The van der Waals surface area contributed by atoms with Crippen LogP contribution in [0, 0.1) is 0 Å². The molecule has 104 valence electrons. The van der Waals surface area contributed by atoms with Gasteiger partial charge in [0.15, 0.2) is 0 Å². The fourth-order valence-corrected chi connectivity index (χ4v) is 2.66. The maximum absolute atomic E-state index is 12.2. The van der Waals surface area contributed by atoms with Crippen LogP contribution in [0.1, 0.15) is 27.2 Å². The minimum Gasteiger partial charge on any atom is -0.443 e. The van der Waals surface area contributed by atoms with Crippen molar-refractivity contribution in [3.05, 3.63) is 47.0 Å². The molecule has 1 aliphatic heterocycles. The highest BCUT2D eigenvalue weighted by molar-refractivity contribution is 5.76. The number of carbonyl (C=O) groups is 1. The molecule has 1 atom stereocenters. The third-order valence-electron chi connectivity index (χ3n) is 3.51. The fourth-order valence-electron chi connectivity index (χ4n) is 2.66. The highest BCUT2D eigenvalue weighted by Crippen LogP contribution is 2.24. The van der Waals surface area contributed by atoms with E-state index in [4.69, 9.17) is 4.74 Å². The number of fused-ring (bicyclic) bond motifs is 3. The van der Waals surface area contributed by atoms with Gasteiger partial charge >= 0.3 is 6.09 Å². The van der Waals surface area contributed by atoms with E-state index in [1.165, 1.54) is 16.0 Å². The summed E-state index contributed by atoms with van der Waals surface area (Å²) in [6, 6.07) is 8.35. The average molecular weight is 269 g/mol. The standard InChI is InChI=1S/C17H19NO2/c1-17(2,3)20-16(19)18-9-8-13-11-14(18)10-12-6-4-5-7-15(12)13/h4-10,14H,11H2,1-3H3. The van der Waals surface area contributed by atoms with Crippen molar-refractivity contribution >= 4 is 17.7 Å². The molecule has 1 amide bonds. The van der Waals surface area contributed by atoms with Gasteiger partial charge in [-0.25, -0.2) is 4.79 Å². The van der Waals surface area contributed by atoms with Crippen LogP contribution >= 0.6 is 0 Å². The lowest BCUT2D eigenvalue weighted by Crippen LogP contribution is -2.45. The first-order valence-electron chi connectivity index (χ1n) is 6.94. The van der Waals surface area contributed by atoms with Gasteiger partial charge in [-0.3, -0.25) is 4.90 Å². The molecule has 3 rings (SSSR count). The summed E-state index contributed by atoms with van der Waals surface area (Å²) >= 11 is 0. The molecule has 1 unspecified atom stereocenters. The Morgan fingerprint density at radius 2 is 2.05 bits per heavy atom. The molecule has 0 saturated heterocycles. The number of nitrogens with zero attached hydrogens (tertiary/aromatic N) is 1. The lowest BCUT2D eigenvalue weighted by molar-refractivity contribution is 0.0303. The lowest BCUT2D eigenvalue weighted by Gasteiger charge is -2.34. The molecule has 0 radical (unpaired) electrons. The first-order chi connectivity index (χ1) is 9.44. The monoisotopic (exact) mass is 269 g/mol. The van der Waals surface area contributed by atoms with Gasteiger partial charge in [0.05, 0.1) is 6.04 Å². The molecule has 1 aromatic rings. The number of rotatable bonds is 0. The van der Waals surface area contributed by atoms with Crippen molar-refractivity contribution in [3.63, 3.8) is 0 Å². The van der Waals surface area contributed by atoms with Gasteiger partial charge in [-0.15, -0.1) is 0 Å². The van der Waals surface area contributed by atoms with Crippen LogP contribution in [0.2, 0.25) is 0 Å². The van der Waals surface area contributed by atoms with Crippen molar-refractivity contribution < 1.29 is 9.53 Å². The van der Waals surface area contributed by atoms with Gasteiger partial charge in [0.2, 0.25) is 0 Å². The molecule has 20 heavy (non-hydrogen) atoms. The minimum absolute atomic E-state index is 0.0553. The Bertz CT molecular complexity index is 694. The SMILES string of the molecule is CC(C)(C)OC(=O)N1C=CC2=c3ccccc3=CC1C2. The van der Waals surface area contributed by atoms with Gasteiger partial charge in [0, 0.05) is 6.20 Å². The molecule has 0 aromatic heterocycles. The molecular formula is C17H19NO2. The molecule has 1 heterocycles. The zero-order chi connectivity index (χ0) is 14.3. The minimum atomic E-state index is -0.471. The van der Waals surface area contributed by atoms with Crippen LogP contribution in [0.4, 0.5) is 4.79 Å². The van der Waals surface area contributed by atoms with Crippen LogP contribution in [0.5, 0.6) is 0 Å². The Hall–Kier alpha value is -2.03. The van der Waals surface area contributed by atoms with Gasteiger partial charge in [0.25, 0.3) is 0 Å². The summed E-state index contributed by atoms with van der Waals surface area (Å²) in [5, 5.41) is 2.46. The molecule has 2 aliphatic rings. The van der Waals surface area contributed by atoms with Crippen LogP contribution in [-0.4, -0.2) is 22.6 Å². The van der Waals surface area contributed by atoms with Crippen LogP contribution in [0.3, 0.4) is 0 Å². The third-order valence-corrected chi connectivity index (χ3v) is 3.51. The number of amides is 1. The number of allylic oxidation sites excluding steroid dienone is 1. The first kappa shape index (κ1) is 13.0. The normalized spacial score (nSPS) is 20.2. The predicted molar refractivity (Wildman–Crippen MR) is 79.2 cm³/mol. The number of ether oxygens (including phenoxy) is 1. The molecule has 1 aromatic carbocycles. The van der Waals surface area contributed by atoms with Crippen molar-refractivity contribution in [2.24, 2.45) is 0 Å². The Labute approximate surface area is 118 Å². The van der Waals surface area contributed by atoms with Crippen LogP contribution in [-0.2, 0) is 4.74 Å². The molecule has 0 N–H and O–H groups in total. The second kappa shape index (κ2) is 4.51. The van der Waals surface area contributed by atoms with Crippen LogP contribution < -0.4 is 10.4 Å². The van der Waals surface area contributed by atoms with E-state index in [0.29, 0.717) is 0 Å². The summed E-state index contributed by atoms with van der Waals surface area (Å²) < 4.78 is 5.46. The lowest BCUT2D eigenvalue weighted by atomic mass is 9.93. The smallest absolute Gasteiger partial charge is 0.414 e. The molecule has 3 nitrogen and oxygen atoms in total. The summed E-state index contributed by atoms with van der Waals surface area (Å²) in [5.74, 6) is 0. The topological polar surface area (TPSA) is 29.5 Å². The number of hydrogen-bond acceptors (Lipinski definition) is 2. The van der Waals surface area contributed by atoms with Crippen LogP contribution in [0.25, 0.3) is 11.6 Å². The van der Waals surface area contributed by atoms with E-state index in [9.17, 15) is 4.79 Å². The van der Waals surface area contributed by atoms with E-state index in [1.54, 1.807) is 4.90 Å². The molecule has 2 bridgehead atoms. The van der Waals surface area contributed by atoms with Crippen molar-refractivity contribution in [3.8, 4) is 0 Å². The van der Waals surface area contributed by atoms with Gasteiger partial charge < -0.3 is 4.74 Å². The number of hydrogen-bond donors (Lipinski definition) is 0. The maximum Gasteiger partial charge on any atom is 0.414 e. The Morgan fingerprint density at radius 3 is 2.80 bits per heavy atom. The summed E-state index contributed by atoms with van der Waals surface area (Å²) in [7, 11) is 0. The Morgan fingerprint density at radius 1 is 1.30 bits per heavy atom. The van der Waals surface area contributed by atoms with Gasteiger partial charge in [-0.2, -0.15) is 0 Å². The molecule has 0 fully saturated rings. The molecule has 1 aliphatic carbocycles. The highest BCUT2D eigenvalue weighted by Gasteiger charge is 2.29. The summed E-state index contributed by atoms with van der Waals surface area (Å²) in [6.07, 6.45) is 6.57. The summed E-state index contributed by atoms with van der Waals surface area (Å²) in [5.41, 5.74) is 0.814. The van der Waals surface area contributed by atoms with E-state index in [2.05, 4.69) is 18.2 Å². The summed E-state index contributed by atoms with van der Waals surface area (Å²) in [4.78, 5) is 13.9. The van der Waals surface area contributed by atoms with Gasteiger partial charge in [0.1, 0.15) is 5.60 Å². The number of benzene rings is 1. The Balaban J connectivity index is 1.97.